The second kappa shape index (κ2) is 6.55. The lowest BCUT2D eigenvalue weighted by molar-refractivity contribution is 0.199. The number of thioether (sulfide) groups is 1. The molecule has 19 heavy (non-hydrogen) atoms. The minimum Gasteiger partial charge on any atom is -0.387 e. The molecule has 0 saturated carbocycles. The van der Waals surface area contributed by atoms with Gasteiger partial charge in [-0.05, 0) is 41.1 Å². The summed E-state index contributed by atoms with van der Waals surface area (Å²) in [5.41, 5.74) is 1.31. The number of benzene rings is 2. The molecule has 1 nitrogen and oxygen atoms in total. The van der Waals surface area contributed by atoms with Crippen LogP contribution in [0.15, 0.2) is 51.8 Å². The second-order valence-electron chi connectivity index (χ2n) is 4.28. The summed E-state index contributed by atoms with van der Waals surface area (Å²) in [4.78, 5) is 1.04. The maximum absolute atomic E-state index is 13.6. The molecule has 0 aliphatic carbocycles. The van der Waals surface area contributed by atoms with Crippen LogP contribution in [-0.4, -0.2) is 10.9 Å². The Kier molecular flexibility index (Phi) is 5.02. The minimum atomic E-state index is -0.808. The van der Waals surface area contributed by atoms with Crippen molar-refractivity contribution in [2.24, 2.45) is 0 Å². The van der Waals surface area contributed by atoms with E-state index in [2.05, 4.69) is 15.9 Å². The van der Waals surface area contributed by atoms with Gasteiger partial charge in [0.1, 0.15) is 5.82 Å². The first kappa shape index (κ1) is 14.6. The maximum atomic E-state index is 13.6. The van der Waals surface area contributed by atoms with Gasteiger partial charge in [0.2, 0.25) is 0 Å². The quantitative estimate of drug-likeness (QED) is 0.812. The van der Waals surface area contributed by atoms with Crippen molar-refractivity contribution in [3.8, 4) is 0 Å². The van der Waals surface area contributed by atoms with Crippen molar-refractivity contribution >= 4 is 27.7 Å². The third kappa shape index (κ3) is 3.81. The fourth-order valence-electron chi connectivity index (χ4n) is 1.74. The molecule has 0 aliphatic rings. The summed E-state index contributed by atoms with van der Waals surface area (Å²) in [5.74, 6) is 0.0639. The van der Waals surface area contributed by atoms with Crippen LogP contribution in [0.2, 0.25) is 0 Å². The van der Waals surface area contributed by atoms with Crippen LogP contribution in [0, 0.1) is 12.7 Å². The zero-order valence-electron chi connectivity index (χ0n) is 10.4. The van der Waals surface area contributed by atoms with E-state index in [1.807, 2.05) is 31.2 Å². The molecule has 1 unspecified atom stereocenters. The first-order chi connectivity index (χ1) is 9.08. The van der Waals surface area contributed by atoms with Crippen LogP contribution in [-0.2, 0) is 0 Å². The number of aliphatic hydroxyl groups excluding tert-OH is 1. The van der Waals surface area contributed by atoms with Crippen LogP contribution < -0.4 is 0 Å². The van der Waals surface area contributed by atoms with Crippen molar-refractivity contribution in [1.29, 1.82) is 0 Å². The van der Waals surface area contributed by atoms with Gasteiger partial charge >= 0.3 is 0 Å². The third-order valence-corrected chi connectivity index (χ3v) is 4.85. The monoisotopic (exact) mass is 340 g/mol. The Morgan fingerprint density at radius 2 is 2.00 bits per heavy atom. The molecule has 2 rings (SSSR count). The number of aryl methyl sites for hydroxylation is 1. The summed E-state index contributed by atoms with van der Waals surface area (Å²) in [5, 5.41) is 10.1. The molecule has 1 atom stereocenters. The summed E-state index contributed by atoms with van der Waals surface area (Å²) < 4.78 is 14.6. The summed E-state index contributed by atoms with van der Waals surface area (Å²) >= 11 is 4.95. The van der Waals surface area contributed by atoms with Crippen molar-refractivity contribution in [3.05, 3.63) is 63.9 Å². The van der Waals surface area contributed by atoms with E-state index in [0.29, 0.717) is 11.3 Å². The first-order valence-corrected chi connectivity index (χ1v) is 7.67. The first-order valence-electron chi connectivity index (χ1n) is 5.89. The Bertz CT molecular complexity index is 574. The highest BCUT2D eigenvalue weighted by molar-refractivity contribution is 9.10. The molecule has 4 heteroatoms. The summed E-state index contributed by atoms with van der Waals surface area (Å²) in [6, 6.07) is 12.6. The van der Waals surface area contributed by atoms with E-state index >= 15 is 0 Å². The Hall–Kier alpha value is -0.840. The van der Waals surface area contributed by atoms with E-state index in [-0.39, 0.29) is 5.82 Å². The van der Waals surface area contributed by atoms with Gasteiger partial charge in [0.15, 0.2) is 0 Å². The van der Waals surface area contributed by atoms with Gasteiger partial charge < -0.3 is 5.11 Å². The fourth-order valence-corrected chi connectivity index (χ4v) is 3.26. The lowest BCUT2D eigenvalue weighted by atomic mass is 10.1. The minimum absolute atomic E-state index is 0.356. The topological polar surface area (TPSA) is 20.2 Å². The Balaban J connectivity index is 2.07. The lowest BCUT2D eigenvalue weighted by Crippen LogP contribution is -2.04. The molecule has 0 radical (unpaired) electrons. The van der Waals surface area contributed by atoms with Crippen molar-refractivity contribution in [3.63, 3.8) is 0 Å². The van der Waals surface area contributed by atoms with Gasteiger partial charge in [-0.3, -0.25) is 0 Å². The van der Waals surface area contributed by atoms with Crippen LogP contribution in [0.4, 0.5) is 4.39 Å². The number of rotatable bonds is 4. The Morgan fingerprint density at radius 3 is 2.74 bits per heavy atom. The average molecular weight is 341 g/mol. The number of hydrogen-bond donors (Lipinski definition) is 1. The molecule has 0 spiro atoms. The zero-order valence-corrected chi connectivity index (χ0v) is 12.8. The predicted octanol–water partition coefficient (Wildman–Crippen LogP) is 4.72. The largest absolute Gasteiger partial charge is 0.387 e. The molecule has 0 amide bonds. The SMILES string of the molecule is Cc1ccc(F)c(C(O)CSc2ccccc2Br)c1. The summed E-state index contributed by atoms with van der Waals surface area (Å²) in [6.45, 7) is 1.89. The number of hydrogen-bond acceptors (Lipinski definition) is 2. The smallest absolute Gasteiger partial charge is 0.129 e. The standard InChI is InChI=1S/C15H14BrFOS/c1-10-6-7-13(17)11(8-10)14(18)9-19-15-5-3-2-4-12(15)16/h2-8,14,18H,9H2,1H3. The van der Waals surface area contributed by atoms with Gasteiger partial charge in [-0.1, -0.05) is 29.8 Å². The second-order valence-corrected chi connectivity index (χ2v) is 6.20. The fraction of sp³-hybridized carbons (Fsp3) is 0.200. The van der Waals surface area contributed by atoms with Gasteiger partial charge in [0.05, 0.1) is 6.10 Å². The molecule has 2 aromatic rings. The van der Waals surface area contributed by atoms with Gasteiger partial charge in [-0.15, -0.1) is 11.8 Å². The van der Waals surface area contributed by atoms with Crippen molar-refractivity contribution in [2.45, 2.75) is 17.9 Å². The summed E-state index contributed by atoms with van der Waals surface area (Å²) in [6.07, 6.45) is -0.808. The van der Waals surface area contributed by atoms with Crippen molar-refractivity contribution in [2.75, 3.05) is 5.75 Å². The molecule has 0 bridgehead atoms. The predicted molar refractivity (Wildman–Crippen MR) is 81.0 cm³/mol. The molecule has 0 heterocycles. The maximum Gasteiger partial charge on any atom is 0.129 e. The molecule has 2 aromatic carbocycles. The summed E-state index contributed by atoms with van der Waals surface area (Å²) in [7, 11) is 0. The van der Waals surface area contributed by atoms with Crippen LogP contribution in [0.3, 0.4) is 0 Å². The highest BCUT2D eigenvalue weighted by Crippen LogP contribution is 2.31. The normalized spacial score (nSPS) is 12.4. The van der Waals surface area contributed by atoms with Crippen LogP contribution in [0.1, 0.15) is 17.2 Å². The molecule has 1 N–H and O–H groups in total. The van der Waals surface area contributed by atoms with Gasteiger partial charge in [-0.25, -0.2) is 4.39 Å². The highest BCUT2D eigenvalue weighted by atomic mass is 79.9. The molecule has 100 valence electrons. The molecule has 0 aliphatic heterocycles. The third-order valence-electron chi connectivity index (χ3n) is 2.74. The molecule has 0 fully saturated rings. The van der Waals surface area contributed by atoms with Crippen molar-refractivity contribution < 1.29 is 9.50 Å². The lowest BCUT2D eigenvalue weighted by Gasteiger charge is -2.13. The van der Waals surface area contributed by atoms with Gasteiger partial charge in [0.25, 0.3) is 0 Å². The molecular weight excluding hydrogens is 327 g/mol. The van der Waals surface area contributed by atoms with Crippen LogP contribution in [0.5, 0.6) is 0 Å². The zero-order chi connectivity index (χ0) is 13.8. The number of aliphatic hydroxyl groups is 1. The van der Waals surface area contributed by atoms with Crippen molar-refractivity contribution in [1.82, 2.24) is 0 Å². The van der Waals surface area contributed by atoms with Crippen LogP contribution in [0.25, 0.3) is 0 Å². The van der Waals surface area contributed by atoms with E-state index in [0.717, 1.165) is 14.9 Å². The van der Waals surface area contributed by atoms with Crippen LogP contribution >= 0.6 is 27.7 Å². The Labute approximate surface area is 125 Å². The van der Waals surface area contributed by atoms with Gasteiger partial charge in [-0.2, -0.15) is 0 Å². The van der Waals surface area contributed by atoms with E-state index in [1.165, 1.54) is 17.8 Å². The van der Waals surface area contributed by atoms with E-state index in [1.54, 1.807) is 12.1 Å². The van der Waals surface area contributed by atoms with E-state index in [4.69, 9.17) is 0 Å². The molecule has 0 saturated heterocycles. The van der Waals surface area contributed by atoms with Gasteiger partial charge in [0, 0.05) is 20.7 Å². The molecule has 0 aromatic heterocycles. The number of halogens is 2. The molecular formula is C15H14BrFOS. The highest BCUT2D eigenvalue weighted by Gasteiger charge is 2.14. The van der Waals surface area contributed by atoms with E-state index in [9.17, 15) is 9.50 Å². The van der Waals surface area contributed by atoms with E-state index < -0.39 is 6.10 Å². The average Bonchev–Trinajstić information content (AvgIpc) is 2.40. The Morgan fingerprint density at radius 1 is 1.26 bits per heavy atom.